The fraction of sp³-hybridized carbons (Fsp3) is 0.263. The monoisotopic (exact) mass is 374 g/mol. The van der Waals surface area contributed by atoms with Crippen molar-refractivity contribution >= 4 is 27.3 Å². The largest absolute Gasteiger partial charge is 0.352 e. The summed E-state index contributed by atoms with van der Waals surface area (Å²) < 4.78 is 24.7. The zero-order chi connectivity index (χ0) is 19.2. The van der Waals surface area contributed by atoms with Gasteiger partial charge in [0.05, 0.1) is 4.90 Å². The second-order valence-electron chi connectivity index (χ2n) is 5.75. The average Bonchev–Trinajstić information content (AvgIpc) is 2.61. The van der Waals surface area contributed by atoms with Crippen LogP contribution in [-0.4, -0.2) is 32.5 Å². The molecular formula is C19H22N2O4S. The van der Waals surface area contributed by atoms with Gasteiger partial charge in [-0.05, 0) is 49.2 Å². The van der Waals surface area contributed by atoms with Crippen molar-refractivity contribution < 1.29 is 18.0 Å². The number of hydrogen-bond donors (Lipinski definition) is 2. The molecule has 0 fully saturated rings. The van der Waals surface area contributed by atoms with Crippen LogP contribution in [0.3, 0.4) is 0 Å². The van der Waals surface area contributed by atoms with Crippen LogP contribution in [0.25, 0.3) is 0 Å². The van der Waals surface area contributed by atoms with Crippen LogP contribution in [0.15, 0.2) is 53.4 Å². The molecule has 0 aliphatic carbocycles. The summed E-state index contributed by atoms with van der Waals surface area (Å²) >= 11 is 0. The Morgan fingerprint density at radius 3 is 2.31 bits per heavy atom. The smallest absolute Gasteiger partial charge is 0.251 e. The van der Waals surface area contributed by atoms with Crippen LogP contribution in [0.4, 0.5) is 5.69 Å². The molecule has 2 amide bonds. The Morgan fingerprint density at radius 1 is 1.00 bits per heavy atom. The van der Waals surface area contributed by atoms with E-state index in [2.05, 4.69) is 10.6 Å². The molecule has 26 heavy (non-hydrogen) atoms. The fourth-order valence-electron chi connectivity index (χ4n) is 2.39. The number of benzene rings is 2. The zero-order valence-corrected chi connectivity index (χ0v) is 15.6. The molecule has 0 spiro atoms. The normalized spacial score (nSPS) is 11.0. The lowest BCUT2D eigenvalue weighted by Crippen LogP contribution is -2.24. The molecule has 0 bridgehead atoms. The van der Waals surface area contributed by atoms with E-state index in [0.717, 1.165) is 12.0 Å². The number of amides is 2. The molecule has 2 aromatic carbocycles. The fourth-order valence-corrected chi connectivity index (χ4v) is 3.52. The molecule has 0 atom stereocenters. The first-order valence-electron chi connectivity index (χ1n) is 8.35. The lowest BCUT2D eigenvalue weighted by molar-refractivity contribution is -0.113. The van der Waals surface area contributed by atoms with Crippen LogP contribution in [0, 0.1) is 0 Å². The Morgan fingerprint density at radius 2 is 1.69 bits per heavy atom. The Kier molecular flexibility index (Phi) is 6.52. The summed E-state index contributed by atoms with van der Waals surface area (Å²) in [7, 11) is -3.73. The SMILES string of the molecule is CCNC(=O)c1cccc(NC(=O)CS(=O)(=O)c2ccc(CC)cc2)c1. The number of aryl methyl sites for hydroxylation is 1. The lowest BCUT2D eigenvalue weighted by atomic mass is 10.2. The van der Waals surface area contributed by atoms with Crippen molar-refractivity contribution in [2.24, 2.45) is 0 Å². The molecule has 0 heterocycles. The first kappa shape index (κ1) is 19.7. The highest BCUT2D eigenvalue weighted by atomic mass is 32.2. The molecule has 0 aromatic heterocycles. The number of hydrogen-bond acceptors (Lipinski definition) is 4. The second kappa shape index (κ2) is 8.62. The topological polar surface area (TPSA) is 92.3 Å². The molecule has 2 aromatic rings. The Labute approximate surface area is 153 Å². The van der Waals surface area contributed by atoms with Crippen molar-refractivity contribution in [3.8, 4) is 0 Å². The van der Waals surface area contributed by atoms with Crippen molar-refractivity contribution in [2.45, 2.75) is 25.2 Å². The molecule has 7 heteroatoms. The van der Waals surface area contributed by atoms with Crippen molar-refractivity contribution in [3.05, 3.63) is 59.7 Å². The van der Waals surface area contributed by atoms with Gasteiger partial charge >= 0.3 is 0 Å². The lowest BCUT2D eigenvalue weighted by Gasteiger charge is -2.09. The summed E-state index contributed by atoms with van der Waals surface area (Å²) in [6.45, 7) is 4.28. The molecule has 2 rings (SSSR count). The van der Waals surface area contributed by atoms with Gasteiger partial charge in [0.15, 0.2) is 9.84 Å². The molecule has 0 saturated carbocycles. The van der Waals surface area contributed by atoms with Crippen molar-refractivity contribution in [1.82, 2.24) is 5.32 Å². The van der Waals surface area contributed by atoms with Gasteiger partial charge in [0.25, 0.3) is 5.91 Å². The maximum absolute atomic E-state index is 12.4. The van der Waals surface area contributed by atoms with Gasteiger partial charge < -0.3 is 10.6 Å². The van der Waals surface area contributed by atoms with Crippen LogP contribution in [-0.2, 0) is 21.1 Å². The van der Waals surface area contributed by atoms with Crippen LogP contribution >= 0.6 is 0 Å². The van der Waals surface area contributed by atoms with Gasteiger partial charge in [0, 0.05) is 17.8 Å². The molecule has 0 aliphatic rings. The standard InChI is InChI=1S/C19H22N2O4S/c1-3-14-8-10-17(11-9-14)26(24,25)13-18(22)21-16-7-5-6-15(12-16)19(23)20-4-2/h5-12H,3-4,13H2,1-2H3,(H,20,23)(H,21,22). The average molecular weight is 374 g/mol. The van der Waals surface area contributed by atoms with E-state index in [-0.39, 0.29) is 10.8 Å². The predicted molar refractivity (Wildman–Crippen MR) is 101 cm³/mol. The van der Waals surface area contributed by atoms with Crippen LogP contribution < -0.4 is 10.6 Å². The van der Waals surface area contributed by atoms with E-state index in [9.17, 15) is 18.0 Å². The zero-order valence-electron chi connectivity index (χ0n) is 14.8. The third-order valence-electron chi connectivity index (χ3n) is 3.76. The third kappa shape index (κ3) is 5.16. The first-order chi connectivity index (χ1) is 12.4. The number of sulfone groups is 1. The summed E-state index contributed by atoms with van der Waals surface area (Å²) in [5.41, 5.74) is 1.79. The van der Waals surface area contributed by atoms with Gasteiger partial charge in [0.1, 0.15) is 5.75 Å². The Bertz CT molecular complexity index is 890. The molecule has 2 N–H and O–H groups in total. The predicted octanol–water partition coefficient (Wildman–Crippen LogP) is 2.41. The number of carbonyl (C=O) groups is 2. The highest BCUT2D eigenvalue weighted by Gasteiger charge is 2.19. The number of carbonyl (C=O) groups excluding carboxylic acids is 2. The molecule has 0 radical (unpaired) electrons. The minimum Gasteiger partial charge on any atom is -0.352 e. The molecule has 0 saturated heterocycles. The number of nitrogens with one attached hydrogen (secondary N) is 2. The van der Waals surface area contributed by atoms with Crippen LogP contribution in [0.5, 0.6) is 0 Å². The van der Waals surface area contributed by atoms with E-state index in [1.165, 1.54) is 18.2 Å². The molecule has 138 valence electrons. The highest BCUT2D eigenvalue weighted by Crippen LogP contribution is 2.15. The van der Waals surface area contributed by atoms with E-state index < -0.39 is 21.5 Å². The minimum atomic E-state index is -3.73. The summed E-state index contributed by atoms with van der Waals surface area (Å²) in [5.74, 6) is -1.58. The van der Waals surface area contributed by atoms with Crippen molar-refractivity contribution in [1.29, 1.82) is 0 Å². The van der Waals surface area contributed by atoms with Gasteiger partial charge in [-0.3, -0.25) is 9.59 Å². The van der Waals surface area contributed by atoms with Gasteiger partial charge in [0.2, 0.25) is 5.91 Å². The van der Waals surface area contributed by atoms with E-state index >= 15 is 0 Å². The maximum Gasteiger partial charge on any atom is 0.251 e. The van der Waals surface area contributed by atoms with Gasteiger partial charge in [-0.2, -0.15) is 0 Å². The van der Waals surface area contributed by atoms with Crippen LogP contribution in [0.1, 0.15) is 29.8 Å². The van der Waals surface area contributed by atoms with E-state index in [1.807, 2.05) is 6.92 Å². The number of rotatable bonds is 7. The van der Waals surface area contributed by atoms with Crippen molar-refractivity contribution in [3.63, 3.8) is 0 Å². The summed E-state index contributed by atoms with van der Waals surface area (Å²) in [4.78, 5) is 24.1. The third-order valence-corrected chi connectivity index (χ3v) is 5.39. The molecule has 0 unspecified atom stereocenters. The van der Waals surface area contributed by atoms with Crippen LogP contribution in [0.2, 0.25) is 0 Å². The van der Waals surface area contributed by atoms with Crippen molar-refractivity contribution in [2.75, 3.05) is 17.6 Å². The maximum atomic E-state index is 12.4. The van der Waals surface area contributed by atoms with Gasteiger partial charge in [-0.1, -0.05) is 25.1 Å². The summed E-state index contributed by atoms with van der Waals surface area (Å²) in [5, 5.41) is 5.19. The molecular weight excluding hydrogens is 352 g/mol. The quantitative estimate of drug-likeness (QED) is 0.778. The van der Waals surface area contributed by atoms with Gasteiger partial charge in [-0.25, -0.2) is 8.42 Å². The second-order valence-corrected chi connectivity index (χ2v) is 7.73. The van der Waals surface area contributed by atoms with Gasteiger partial charge in [-0.15, -0.1) is 0 Å². The number of anilines is 1. The summed E-state index contributed by atoms with van der Waals surface area (Å²) in [6, 6.07) is 12.8. The van der Waals surface area contributed by atoms with E-state index in [1.54, 1.807) is 37.3 Å². The molecule has 6 nitrogen and oxygen atoms in total. The Hall–Kier alpha value is -2.67. The summed E-state index contributed by atoms with van der Waals surface area (Å²) in [6.07, 6.45) is 0.808. The van der Waals surface area contributed by atoms with E-state index in [4.69, 9.17) is 0 Å². The molecule has 0 aliphatic heterocycles. The minimum absolute atomic E-state index is 0.112. The first-order valence-corrected chi connectivity index (χ1v) is 10.0. The highest BCUT2D eigenvalue weighted by molar-refractivity contribution is 7.92. The van der Waals surface area contributed by atoms with E-state index in [0.29, 0.717) is 17.8 Å². The Balaban J connectivity index is 2.07.